The summed E-state index contributed by atoms with van der Waals surface area (Å²) in [6, 6.07) is 22.8. The van der Waals surface area contributed by atoms with Gasteiger partial charge in [0.1, 0.15) is 5.82 Å². The number of carbonyl (C=O) groups is 1. The second-order valence-corrected chi connectivity index (χ2v) is 5.53. The number of carboxylic acids is 1. The van der Waals surface area contributed by atoms with Gasteiger partial charge in [0.25, 0.3) is 0 Å². The summed E-state index contributed by atoms with van der Waals surface area (Å²) in [6.45, 7) is 0. The van der Waals surface area contributed by atoms with Crippen molar-refractivity contribution in [3.8, 4) is 0 Å². The molecule has 0 atom stereocenters. The van der Waals surface area contributed by atoms with Gasteiger partial charge in [-0.05, 0) is 23.6 Å². The van der Waals surface area contributed by atoms with Gasteiger partial charge in [-0.15, -0.1) is 0 Å². The number of pyridine rings is 1. The number of hydrogen-bond donors (Lipinski definition) is 2. The second-order valence-electron chi connectivity index (χ2n) is 5.53. The van der Waals surface area contributed by atoms with Crippen molar-refractivity contribution in [2.24, 2.45) is 0 Å². The van der Waals surface area contributed by atoms with Crippen LogP contribution in [-0.2, 0) is 0 Å². The number of rotatable bonds is 3. The van der Waals surface area contributed by atoms with Crippen LogP contribution in [0.4, 0.5) is 11.5 Å². The maximum atomic E-state index is 11.6. The van der Waals surface area contributed by atoms with Gasteiger partial charge in [0, 0.05) is 16.5 Å². The molecule has 116 valence electrons. The fraction of sp³-hybridized carbons (Fsp3) is 0. The minimum atomic E-state index is -0.963. The zero-order valence-corrected chi connectivity index (χ0v) is 12.7. The third-order valence-electron chi connectivity index (χ3n) is 4.00. The molecule has 0 aliphatic rings. The summed E-state index contributed by atoms with van der Waals surface area (Å²) in [5.74, 6) is -0.447. The highest BCUT2D eigenvalue weighted by Gasteiger charge is 2.12. The number of fused-ring (bicyclic) bond motifs is 2. The molecule has 4 heteroatoms. The molecule has 0 spiro atoms. The number of carboxylic acid groups (broad SMARTS) is 1. The van der Waals surface area contributed by atoms with Crippen molar-refractivity contribution in [1.82, 2.24) is 4.98 Å². The molecule has 24 heavy (non-hydrogen) atoms. The van der Waals surface area contributed by atoms with E-state index in [-0.39, 0.29) is 5.56 Å². The Balaban J connectivity index is 1.86. The van der Waals surface area contributed by atoms with Crippen LogP contribution in [-0.4, -0.2) is 16.1 Å². The van der Waals surface area contributed by atoms with E-state index in [1.165, 1.54) is 0 Å². The number of aromatic carboxylic acids is 1. The lowest BCUT2D eigenvalue weighted by atomic mass is 10.1. The summed E-state index contributed by atoms with van der Waals surface area (Å²) in [7, 11) is 0. The van der Waals surface area contributed by atoms with Crippen LogP contribution in [0.5, 0.6) is 0 Å². The Morgan fingerprint density at radius 3 is 2.42 bits per heavy atom. The second kappa shape index (κ2) is 5.66. The van der Waals surface area contributed by atoms with E-state index >= 15 is 0 Å². The number of nitrogens with zero attached hydrogens (tertiary/aromatic N) is 1. The van der Waals surface area contributed by atoms with E-state index in [4.69, 9.17) is 0 Å². The minimum absolute atomic E-state index is 0.239. The molecule has 0 saturated heterocycles. The normalized spacial score (nSPS) is 10.8. The average molecular weight is 314 g/mol. The van der Waals surface area contributed by atoms with Crippen LogP contribution in [0.15, 0.2) is 72.8 Å². The molecule has 0 bridgehead atoms. The molecule has 0 aliphatic carbocycles. The van der Waals surface area contributed by atoms with Gasteiger partial charge in [0.05, 0.1) is 11.1 Å². The first-order chi connectivity index (χ1) is 11.7. The molecule has 0 fully saturated rings. The monoisotopic (exact) mass is 314 g/mol. The summed E-state index contributed by atoms with van der Waals surface area (Å²) in [6.07, 6.45) is 0. The molecule has 4 nitrogen and oxygen atoms in total. The topological polar surface area (TPSA) is 62.2 Å². The van der Waals surface area contributed by atoms with Crippen LogP contribution in [0.3, 0.4) is 0 Å². The standard InChI is InChI=1S/C20H14N2O2/c23-20(24)16-12-19(22-18-10-4-3-9-15(16)18)21-17-11-5-7-13-6-1-2-8-14(13)17/h1-12H,(H,21,22)(H,23,24). The highest BCUT2D eigenvalue weighted by Crippen LogP contribution is 2.28. The molecule has 0 saturated carbocycles. The average Bonchev–Trinajstić information content (AvgIpc) is 2.61. The third kappa shape index (κ3) is 2.44. The highest BCUT2D eigenvalue weighted by atomic mass is 16.4. The Morgan fingerprint density at radius 2 is 1.58 bits per heavy atom. The van der Waals surface area contributed by atoms with E-state index in [0.717, 1.165) is 16.5 Å². The van der Waals surface area contributed by atoms with Crippen molar-refractivity contribution < 1.29 is 9.90 Å². The van der Waals surface area contributed by atoms with Gasteiger partial charge in [-0.25, -0.2) is 9.78 Å². The maximum Gasteiger partial charge on any atom is 0.336 e. The largest absolute Gasteiger partial charge is 0.478 e. The molecule has 0 aliphatic heterocycles. The number of hydrogen-bond acceptors (Lipinski definition) is 3. The van der Waals surface area contributed by atoms with E-state index in [1.807, 2.05) is 60.7 Å². The summed E-state index contributed by atoms with van der Waals surface area (Å²) in [5.41, 5.74) is 1.79. The Labute approximate surface area is 138 Å². The molecule has 0 radical (unpaired) electrons. The quantitative estimate of drug-likeness (QED) is 0.568. The predicted molar refractivity (Wildman–Crippen MR) is 95.9 cm³/mol. The van der Waals surface area contributed by atoms with E-state index in [0.29, 0.717) is 16.7 Å². The molecule has 4 rings (SSSR count). The van der Waals surface area contributed by atoms with Crippen molar-refractivity contribution in [3.63, 3.8) is 0 Å². The zero-order valence-electron chi connectivity index (χ0n) is 12.7. The van der Waals surface area contributed by atoms with Gasteiger partial charge in [-0.1, -0.05) is 54.6 Å². The van der Waals surface area contributed by atoms with Gasteiger partial charge in [-0.3, -0.25) is 0 Å². The summed E-state index contributed by atoms with van der Waals surface area (Å²) >= 11 is 0. The van der Waals surface area contributed by atoms with Crippen molar-refractivity contribution >= 4 is 39.1 Å². The van der Waals surface area contributed by atoms with Crippen molar-refractivity contribution in [3.05, 3.63) is 78.4 Å². The zero-order chi connectivity index (χ0) is 16.5. The number of para-hydroxylation sites is 1. The van der Waals surface area contributed by atoms with Crippen LogP contribution < -0.4 is 5.32 Å². The molecule has 3 aromatic carbocycles. The fourth-order valence-corrected chi connectivity index (χ4v) is 2.89. The minimum Gasteiger partial charge on any atom is -0.478 e. The molecule has 2 N–H and O–H groups in total. The Bertz CT molecular complexity index is 1070. The Kier molecular flexibility index (Phi) is 3.35. The van der Waals surface area contributed by atoms with E-state index < -0.39 is 5.97 Å². The lowest BCUT2D eigenvalue weighted by Crippen LogP contribution is -2.02. The van der Waals surface area contributed by atoms with Gasteiger partial charge < -0.3 is 10.4 Å². The first-order valence-electron chi connectivity index (χ1n) is 7.60. The number of nitrogens with one attached hydrogen (secondary N) is 1. The Hall–Kier alpha value is -3.40. The van der Waals surface area contributed by atoms with Crippen molar-refractivity contribution in [2.45, 2.75) is 0 Å². The van der Waals surface area contributed by atoms with E-state index in [2.05, 4.69) is 10.3 Å². The molecule has 4 aromatic rings. The van der Waals surface area contributed by atoms with E-state index in [9.17, 15) is 9.90 Å². The molecular formula is C20H14N2O2. The predicted octanol–water partition coefficient (Wildman–Crippen LogP) is 4.83. The molecule has 0 amide bonds. The molecule has 0 unspecified atom stereocenters. The van der Waals surface area contributed by atoms with Crippen molar-refractivity contribution in [2.75, 3.05) is 5.32 Å². The molecule has 1 aromatic heterocycles. The molecular weight excluding hydrogens is 300 g/mol. The summed E-state index contributed by atoms with van der Waals surface area (Å²) in [4.78, 5) is 16.1. The first kappa shape index (κ1) is 14.2. The summed E-state index contributed by atoms with van der Waals surface area (Å²) < 4.78 is 0. The first-order valence-corrected chi connectivity index (χ1v) is 7.60. The van der Waals surface area contributed by atoms with Gasteiger partial charge in [0.2, 0.25) is 0 Å². The van der Waals surface area contributed by atoms with Crippen LogP contribution in [0.25, 0.3) is 21.7 Å². The number of benzene rings is 3. The van der Waals surface area contributed by atoms with Crippen LogP contribution in [0.1, 0.15) is 10.4 Å². The third-order valence-corrected chi connectivity index (χ3v) is 4.00. The highest BCUT2D eigenvalue weighted by molar-refractivity contribution is 6.04. The van der Waals surface area contributed by atoms with Crippen LogP contribution >= 0.6 is 0 Å². The van der Waals surface area contributed by atoms with E-state index in [1.54, 1.807) is 12.1 Å². The smallest absolute Gasteiger partial charge is 0.336 e. The maximum absolute atomic E-state index is 11.6. The Morgan fingerprint density at radius 1 is 0.875 bits per heavy atom. The fourth-order valence-electron chi connectivity index (χ4n) is 2.89. The SMILES string of the molecule is O=C(O)c1cc(Nc2cccc3ccccc23)nc2ccccc12. The van der Waals surface area contributed by atoms with Gasteiger partial charge in [0.15, 0.2) is 0 Å². The van der Waals surface area contributed by atoms with Crippen LogP contribution in [0.2, 0.25) is 0 Å². The lowest BCUT2D eigenvalue weighted by molar-refractivity contribution is 0.0699. The van der Waals surface area contributed by atoms with Gasteiger partial charge >= 0.3 is 5.97 Å². The lowest BCUT2D eigenvalue weighted by Gasteiger charge is -2.11. The van der Waals surface area contributed by atoms with Gasteiger partial charge in [-0.2, -0.15) is 0 Å². The van der Waals surface area contributed by atoms with Crippen LogP contribution in [0, 0.1) is 0 Å². The number of aromatic nitrogens is 1. The summed E-state index contributed by atoms with van der Waals surface area (Å²) in [5, 5.41) is 15.6. The number of anilines is 2. The molecule has 1 heterocycles. The van der Waals surface area contributed by atoms with Crippen molar-refractivity contribution in [1.29, 1.82) is 0 Å².